The quantitative estimate of drug-likeness (QED) is 0.667. The molecule has 1 heterocycles. The van der Waals surface area contributed by atoms with Crippen LogP contribution < -0.4 is 5.32 Å². The van der Waals surface area contributed by atoms with E-state index in [2.05, 4.69) is 45.6 Å². The van der Waals surface area contributed by atoms with Gasteiger partial charge in [-0.15, -0.1) is 6.42 Å². The number of hydrogen-bond acceptors (Lipinski definition) is 4. The Bertz CT molecular complexity index is 608. The van der Waals surface area contributed by atoms with Gasteiger partial charge in [0.25, 0.3) is 0 Å². The van der Waals surface area contributed by atoms with Gasteiger partial charge in [-0.1, -0.05) is 47.8 Å². The lowest BCUT2D eigenvalue weighted by atomic mass is 9.64. The highest BCUT2D eigenvalue weighted by molar-refractivity contribution is 5.35. The summed E-state index contributed by atoms with van der Waals surface area (Å²) in [6, 6.07) is 10.4. The summed E-state index contributed by atoms with van der Waals surface area (Å²) < 4.78 is 5.32. The Morgan fingerprint density at radius 2 is 2.10 bits per heavy atom. The fourth-order valence-electron chi connectivity index (χ4n) is 2.69. The van der Waals surface area contributed by atoms with E-state index < -0.39 is 0 Å². The van der Waals surface area contributed by atoms with E-state index in [0.29, 0.717) is 19.0 Å². The highest BCUT2D eigenvalue weighted by Gasteiger charge is 2.44. The van der Waals surface area contributed by atoms with Crippen LogP contribution in [-0.2, 0) is 12.0 Å². The van der Waals surface area contributed by atoms with Crippen molar-refractivity contribution in [2.24, 2.45) is 0 Å². The van der Waals surface area contributed by atoms with Crippen molar-refractivity contribution in [3.8, 4) is 12.3 Å². The van der Waals surface area contributed by atoms with Crippen molar-refractivity contribution < 1.29 is 4.52 Å². The van der Waals surface area contributed by atoms with Gasteiger partial charge in [0.1, 0.15) is 0 Å². The molecule has 102 valence electrons. The van der Waals surface area contributed by atoms with Gasteiger partial charge in [-0.3, -0.25) is 5.32 Å². The molecule has 1 N–H and O–H groups in total. The fourth-order valence-corrected chi connectivity index (χ4v) is 2.69. The van der Waals surface area contributed by atoms with E-state index >= 15 is 0 Å². The van der Waals surface area contributed by atoms with E-state index in [9.17, 15) is 0 Å². The minimum atomic E-state index is -0.0604. The lowest BCUT2D eigenvalue weighted by Crippen LogP contribution is -2.36. The summed E-state index contributed by atoms with van der Waals surface area (Å²) in [6.45, 7) is 1.02. The normalized spacial score (nSPS) is 16.4. The summed E-state index contributed by atoms with van der Waals surface area (Å²) in [7, 11) is 0. The van der Waals surface area contributed by atoms with Crippen molar-refractivity contribution in [2.45, 2.75) is 31.2 Å². The van der Waals surface area contributed by atoms with Crippen molar-refractivity contribution >= 4 is 0 Å². The predicted octanol–water partition coefficient (Wildman–Crippen LogP) is 2.26. The van der Waals surface area contributed by atoms with Crippen LogP contribution in [-0.4, -0.2) is 16.7 Å². The Balaban J connectivity index is 1.82. The number of nitrogens with zero attached hydrogens (tertiary/aromatic N) is 2. The average molecular weight is 267 g/mol. The van der Waals surface area contributed by atoms with Gasteiger partial charge in [-0.2, -0.15) is 4.98 Å². The lowest BCUT2D eigenvalue weighted by Gasteiger charge is -2.39. The first-order valence-corrected chi connectivity index (χ1v) is 6.88. The maximum Gasteiger partial charge on any atom is 0.240 e. The van der Waals surface area contributed by atoms with Gasteiger partial charge in [0.15, 0.2) is 5.82 Å². The molecular formula is C16H17N3O. The average Bonchev–Trinajstić information content (AvgIpc) is 2.88. The van der Waals surface area contributed by atoms with Crippen LogP contribution in [0.4, 0.5) is 0 Å². The molecule has 1 fully saturated rings. The third kappa shape index (κ3) is 2.21. The molecular weight excluding hydrogens is 250 g/mol. The van der Waals surface area contributed by atoms with Gasteiger partial charge < -0.3 is 4.52 Å². The summed E-state index contributed by atoms with van der Waals surface area (Å²) in [5, 5.41) is 7.25. The van der Waals surface area contributed by atoms with Gasteiger partial charge in [0, 0.05) is 0 Å². The van der Waals surface area contributed by atoms with Crippen molar-refractivity contribution in [2.75, 3.05) is 6.54 Å². The zero-order chi connectivity index (χ0) is 13.8. The standard InChI is InChI=1S/C16H17N3O/c1-2-11-17-12-14-18-15(19-20-14)16(9-6-10-16)13-7-4-3-5-8-13/h1,3-5,7-8,17H,6,9-12H2. The minimum Gasteiger partial charge on any atom is -0.338 e. The van der Waals surface area contributed by atoms with Gasteiger partial charge >= 0.3 is 0 Å². The van der Waals surface area contributed by atoms with Crippen LogP contribution in [0.2, 0.25) is 0 Å². The highest BCUT2D eigenvalue weighted by Crippen LogP contribution is 2.47. The number of hydrogen-bond donors (Lipinski definition) is 1. The second-order valence-electron chi connectivity index (χ2n) is 5.12. The molecule has 0 saturated heterocycles. The van der Waals surface area contributed by atoms with E-state index in [0.717, 1.165) is 18.7 Å². The molecule has 20 heavy (non-hydrogen) atoms. The molecule has 1 aromatic carbocycles. The second-order valence-corrected chi connectivity index (χ2v) is 5.12. The highest BCUT2D eigenvalue weighted by atomic mass is 16.5. The SMILES string of the molecule is C#CCNCc1nc(C2(c3ccccc3)CCC2)no1. The fraction of sp³-hybridized carbons (Fsp3) is 0.375. The Labute approximate surface area is 118 Å². The Hall–Kier alpha value is -2.12. The topological polar surface area (TPSA) is 51.0 Å². The molecule has 0 aliphatic heterocycles. The number of terminal acetylenes is 1. The molecule has 1 aliphatic carbocycles. The van der Waals surface area contributed by atoms with Gasteiger partial charge in [0.05, 0.1) is 18.5 Å². The van der Waals surface area contributed by atoms with Crippen LogP contribution in [0.25, 0.3) is 0 Å². The summed E-state index contributed by atoms with van der Waals surface area (Å²) in [5.41, 5.74) is 1.21. The van der Waals surface area contributed by atoms with Crippen LogP contribution in [0, 0.1) is 12.3 Å². The smallest absolute Gasteiger partial charge is 0.240 e. The number of rotatable bonds is 5. The third-order valence-corrected chi connectivity index (χ3v) is 3.93. The largest absolute Gasteiger partial charge is 0.338 e. The maximum absolute atomic E-state index is 5.32. The summed E-state index contributed by atoms with van der Waals surface area (Å²) >= 11 is 0. The molecule has 0 unspecified atom stereocenters. The van der Waals surface area contributed by atoms with Gasteiger partial charge in [0.2, 0.25) is 5.89 Å². The molecule has 1 saturated carbocycles. The van der Waals surface area contributed by atoms with Crippen LogP contribution in [0.3, 0.4) is 0 Å². The second kappa shape index (κ2) is 5.48. The zero-order valence-corrected chi connectivity index (χ0v) is 11.3. The molecule has 1 aliphatic rings. The lowest BCUT2D eigenvalue weighted by molar-refractivity contribution is 0.270. The first-order valence-electron chi connectivity index (χ1n) is 6.88. The molecule has 4 heteroatoms. The Kier molecular flexibility index (Phi) is 3.53. The van der Waals surface area contributed by atoms with Crippen LogP contribution in [0.5, 0.6) is 0 Å². The zero-order valence-electron chi connectivity index (χ0n) is 11.3. The van der Waals surface area contributed by atoms with Gasteiger partial charge in [-0.25, -0.2) is 0 Å². The summed E-state index contributed by atoms with van der Waals surface area (Å²) in [6.07, 6.45) is 8.55. The molecule has 0 amide bonds. The molecule has 0 atom stereocenters. The monoisotopic (exact) mass is 267 g/mol. The van der Waals surface area contributed by atoms with E-state index in [1.54, 1.807) is 0 Å². The van der Waals surface area contributed by atoms with Crippen LogP contribution in [0.15, 0.2) is 34.9 Å². The molecule has 4 nitrogen and oxygen atoms in total. The molecule has 0 bridgehead atoms. The predicted molar refractivity (Wildman–Crippen MR) is 75.9 cm³/mol. The molecule has 3 rings (SSSR count). The van der Waals surface area contributed by atoms with E-state index in [4.69, 9.17) is 10.9 Å². The summed E-state index contributed by atoms with van der Waals surface area (Å²) in [4.78, 5) is 4.54. The maximum atomic E-state index is 5.32. The first-order chi connectivity index (χ1) is 9.85. The van der Waals surface area contributed by atoms with Gasteiger partial charge in [-0.05, 0) is 18.4 Å². The van der Waals surface area contributed by atoms with Crippen molar-refractivity contribution in [1.29, 1.82) is 0 Å². The van der Waals surface area contributed by atoms with Crippen molar-refractivity contribution in [1.82, 2.24) is 15.5 Å². The summed E-state index contributed by atoms with van der Waals surface area (Å²) in [5.74, 6) is 3.92. The van der Waals surface area contributed by atoms with E-state index in [1.165, 1.54) is 12.0 Å². The Morgan fingerprint density at radius 1 is 1.30 bits per heavy atom. The number of benzene rings is 1. The first kappa shape index (κ1) is 12.9. The molecule has 1 aromatic heterocycles. The Morgan fingerprint density at radius 3 is 2.75 bits per heavy atom. The number of nitrogens with one attached hydrogen (secondary N) is 1. The van der Waals surface area contributed by atoms with Crippen LogP contribution >= 0.6 is 0 Å². The number of aromatic nitrogens is 2. The third-order valence-electron chi connectivity index (χ3n) is 3.93. The van der Waals surface area contributed by atoms with Crippen molar-refractivity contribution in [3.63, 3.8) is 0 Å². The molecule has 0 spiro atoms. The molecule has 2 aromatic rings. The van der Waals surface area contributed by atoms with E-state index in [-0.39, 0.29) is 5.41 Å². The minimum absolute atomic E-state index is 0.0604. The van der Waals surface area contributed by atoms with E-state index in [1.807, 2.05) is 6.07 Å². The molecule has 0 radical (unpaired) electrons. The van der Waals surface area contributed by atoms with Crippen molar-refractivity contribution in [3.05, 3.63) is 47.6 Å². The van der Waals surface area contributed by atoms with Crippen LogP contribution in [0.1, 0.15) is 36.5 Å².